The summed E-state index contributed by atoms with van der Waals surface area (Å²) in [5, 5.41) is 4.13. The van der Waals surface area contributed by atoms with E-state index in [9.17, 15) is 9.59 Å². The summed E-state index contributed by atoms with van der Waals surface area (Å²) < 4.78 is 11.2. The standard InChI is InChI=1S/C30H32N2O4/c1-19-12-13-20(2)23(16-19)27(33)14-15-29(34)32-18-25(22-9-7-11-28(35-3)30(22)36-4)24-17-31-26-10-6-5-8-21(24)26/h5-13,16-17,25,31H,14-15,18H2,1-4H3,(H,32,34). The van der Waals surface area contributed by atoms with Crippen LogP contribution in [0.4, 0.5) is 0 Å². The number of methoxy groups -OCH3 is 2. The molecule has 1 amide bonds. The van der Waals surface area contributed by atoms with E-state index in [1.54, 1.807) is 14.2 Å². The highest BCUT2D eigenvalue weighted by atomic mass is 16.5. The number of rotatable bonds is 10. The molecular formula is C30H32N2O4. The van der Waals surface area contributed by atoms with Crippen LogP contribution in [0.2, 0.25) is 0 Å². The van der Waals surface area contributed by atoms with Gasteiger partial charge in [-0.25, -0.2) is 0 Å². The fraction of sp³-hybridized carbons (Fsp3) is 0.267. The lowest BCUT2D eigenvalue weighted by molar-refractivity contribution is -0.121. The smallest absolute Gasteiger partial charge is 0.220 e. The Morgan fingerprint density at radius 1 is 0.917 bits per heavy atom. The predicted octanol–water partition coefficient (Wildman–Crippen LogP) is 5.71. The van der Waals surface area contributed by atoms with Crippen molar-refractivity contribution in [1.82, 2.24) is 10.3 Å². The van der Waals surface area contributed by atoms with Gasteiger partial charge in [0.2, 0.25) is 5.91 Å². The molecule has 4 rings (SSSR count). The number of aromatic nitrogens is 1. The molecule has 0 aliphatic rings. The van der Waals surface area contributed by atoms with E-state index in [2.05, 4.69) is 16.4 Å². The van der Waals surface area contributed by atoms with Crippen molar-refractivity contribution in [2.24, 2.45) is 0 Å². The Bertz CT molecular complexity index is 1390. The van der Waals surface area contributed by atoms with Crippen LogP contribution in [-0.2, 0) is 4.79 Å². The normalized spacial score (nSPS) is 11.8. The maximum Gasteiger partial charge on any atom is 0.220 e. The number of carbonyl (C=O) groups is 2. The molecular weight excluding hydrogens is 452 g/mol. The highest BCUT2D eigenvalue weighted by Crippen LogP contribution is 2.40. The van der Waals surface area contributed by atoms with Crippen LogP contribution in [0.3, 0.4) is 0 Å². The number of ketones is 1. The average Bonchev–Trinajstić information content (AvgIpc) is 3.32. The summed E-state index contributed by atoms with van der Waals surface area (Å²) >= 11 is 0. The molecule has 1 atom stereocenters. The maximum atomic E-state index is 12.9. The van der Waals surface area contributed by atoms with E-state index in [0.717, 1.165) is 33.2 Å². The third-order valence-electron chi connectivity index (χ3n) is 6.58. The van der Waals surface area contributed by atoms with Gasteiger partial charge in [0.25, 0.3) is 0 Å². The predicted molar refractivity (Wildman–Crippen MR) is 142 cm³/mol. The molecule has 0 radical (unpaired) electrons. The number of ether oxygens (including phenoxy) is 2. The van der Waals surface area contributed by atoms with E-state index in [-0.39, 0.29) is 30.4 Å². The highest BCUT2D eigenvalue weighted by molar-refractivity contribution is 5.99. The molecule has 4 aromatic rings. The van der Waals surface area contributed by atoms with Crippen LogP contribution in [0.1, 0.15) is 51.4 Å². The lowest BCUT2D eigenvalue weighted by atomic mass is 9.89. The Hall–Kier alpha value is -4.06. The first-order valence-electron chi connectivity index (χ1n) is 12.1. The average molecular weight is 485 g/mol. The Morgan fingerprint density at radius 2 is 1.72 bits per heavy atom. The molecule has 1 aromatic heterocycles. The number of H-pyrrole nitrogens is 1. The number of aryl methyl sites for hydroxylation is 2. The van der Waals surface area contributed by atoms with Crippen molar-refractivity contribution in [3.63, 3.8) is 0 Å². The van der Waals surface area contributed by atoms with Crippen LogP contribution in [0.15, 0.2) is 66.9 Å². The summed E-state index contributed by atoms with van der Waals surface area (Å²) in [5.41, 5.74) is 5.61. The van der Waals surface area contributed by atoms with Crippen molar-refractivity contribution in [2.75, 3.05) is 20.8 Å². The molecule has 6 nitrogen and oxygen atoms in total. The van der Waals surface area contributed by atoms with Gasteiger partial charge in [-0.1, -0.05) is 48.0 Å². The van der Waals surface area contributed by atoms with Crippen molar-refractivity contribution in [1.29, 1.82) is 0 Å². The number of carbonyl (C=O) groups excluding carboxylic acids is 2. The number of benzene rings is 3. The zero-order valence-corrected chi connectivity index (χ0v) is 21.2. The molecule has 36 heavy (non-hydrogen) atoms. The largest absolute Gasteiger partial charge is 0.493 e. The summed E-state index contributed by atoms with van der Waals surface area (Å²) in [7, 11) is 3.22. The summed E-state index contributed by atoms with van der Waals surface area (Å²) in [6.07, 6.45) is 2.27. The number of para-hydroxylation sites is 2. The Kier molecular flexibility index (Phi) is 7.74. The molecule has 2 N–H and O–H groups in total. The zero-order chi connectivity index (χ0) is 25.7. The quantitative estimate of drug-likeness (QED) is 0.283. The molecule has 186 valence electrons. The fourth-order valence-electron chi connectivity index (χ4n) is 4.66. The second kappa shape index (κ2) is 11.1. The van der Waals surface area contributed by atoms with E-state index in [1.165, 1.54) is 0 Å². The van der Waals surface area contributed by atoms with E-state index >= 15 is 0 Å². The van der Waals surface area contributed by atoms with Gasteiger partial charge in [0.15, 0.2) is 17.3 Å². The second-order valence-corrected chi connectivity index (χ2v) is 8.97. The van der Waals surface area contributed by atoms with Crippen molar-refractivity contribution in [2.45, 2.75) is 32.6 Å². The van der Waals surface area contributed by atoms with Crippen LogP contribution in [0.25, 0.3) is 10.9 Å². The van der Waals surface area contributed by atoms with Gasteiger partial charge in [0, 0.05) is 53.5 Å². The Balaban J connectivity index is 1.55. The highest BCUT2D eigenvalue weighted by Gasteiger charge is 2.24. The fourth-order valence-corrected chi connectivity index (χ4v) is 4.66. The van der Waals surface area contributed by atoms with Crippen LogP contribution in [0, 0.1) is 13.8 Å². The van der Waals surface area contributed by atoms with Crippen LogP contribution < -0.4 is 14.8 Å². The van der Waals surface area contributed by atoms with Gasteiger partial charge < -0.3 is 19.8 Å². The molecule has 0 bridgehead atoms. The molecule has 0 aliphatic carbocycles. The SMILES string of the molecule is COc1cccc(C(CNC(=O)CCC(=O)c2cc(C)ccc2C)c2c[nH]c3ccccc23)c1OC. The molecule has 0 aliphatic heterocycles. The molecule has 1 unspecified atom stereocenters. The minimum absolute atomic E-state index is 0.0195. The molecule has 0 spiro atoms. The van der Waals surface area contributed by atoms with E-state index in [4.69, 9.17) is 9.47 Å². The summed E-state index contributed by atoms with van der Waals surface area (Å²) in [5.74, 6) is 0.888. The molecule has 0 saturated carbocycles. The Labute approximate surface area is 211 Å². The first kappa shape index (κ1) is 25.0. The van der Waals surface area contributed by atoms with Gasteiger partial charge in [0.1, 0.15) is 0 Å². The van der Waals surface area contributed by atoms with E-state index in [1.807, 2.05) is 74.6 Å². The van der Waals surface area contributed by atoms with Gasteiger partial charge in [0.05, 0.1) is 14.2 Å². The number of aromatic amines is 1. The van der Waals surface area contributed by atoms with Crippen LogP contribution >= 0.6 is 0 Å². The second-order valence-electron chi connectivity index (χ2n) is 8.97. The first-order valence-corrected chi connectivity index (χ1v) is 12.1. The lowest BCUT2D eigenvalue weighted by Gasteiger charge is -2.22. The Morgan fingerprint density at radius 3 is 2.50 bits per heavy atom. The van der Waals surface area contributed by atoms with Crippen molar-refractivity contribution in [3.05, 3.63) is 94.7 Å². The molecule has 0 fully saturated rings. The maximum absolute atomic E-state index is 12.9. The van der Waals surface area contributed by atoms with Crippen molar-refractivity contribution in [3.8, 4) is 11.5 Å². The van der Waals surface area contributed by atoms with Gasteiger partial charge in [-0.2, -0.15) is 0 Å². The molecule has 1 heterocycles. The number of nitrogens with one attached hydrogen (secondary N) is 2. The number of Topliss-reactive ketones (excluding diaryl/α,β-unsaturated/α-hetero) is 1. The van der Waals surface area contributed by atoms with Crippen LogP contribution in [-0.4, -0.2) is 37.4 Å². The third kappa shape index (κ3) is 5.28. The zero-order valence-electron chi connectivity index (χ0n) is 21.2. The van der Waals surface area contributed by atoms with Gasteiger partial charge in [-0.15, -0.1) is 0 Å². The number of hydrogen-bond donors (Lipinski definition) is 2. The topological polar surface area (TPSA) is 80.4 Å². The summed E-state index contributed by atoms with van der Waals surface area (Å²) in [4.78, 5) is 28.9. The van der Waals surface area contributed by atoms with Crippen LogP contribution in [0.5, 0.6) is 11.5 Å². The monoisotopic (exact) mass is 484 g/mol. The lowest BCUT2D eigenvalue weighted by Crippen LogP contribution is -2.29. The summed E-state index contributed by atoms with van der Waals surface area (Å²) in [6.45, 7) is 4.22. The van der Waals surface area contributed by atoms with Gasteiger partial charge in [-0.3, -0.25) is 9.59 Å². The third-order valence-corrected chi connectivity index (χ3v) is 6.58. The van der Waals surface area contributed by atoms with Gasteiger partial charge >= 0.3 is 0 Å². The summed E-state index contributed by atoms with van der Waals surface area (Å²) in [6, 6.07) is 19.6. The molecule has 6 heteroatoms. The molecule has 3 aromatic carbocycles. The van der Waals surface area contributed by atoms with E-state index in [0.29, 0.717) is 23.6 Å². The minimum Gasteiger partial charge on any atom is -0.493 e. The van der Waals surface area contributed by atoms with Crippen molar-refractivity contribution >= 4 is 22.6 Å². The molecule has 0 saturated heterocycles. The van der Waals surface area contributed by atoms with Crippen molar-refractivity contribution < 1.29 is 19.1 Å². The van der Waals surface area contributed by atoms with Gasteiger partial charge in [-0.05, 0) is 43.2 Å². The first-order chi connectivity index (χ1) is 17.4. The number of fused-ring (bicyclic) bond motifs is 1. The van der Waals surface area contributed by atoms with E-state index < -0.39 is 0 Å². The minimum atomic E-state index is -0.190. The number of hydrogen-bond acceptors (Lipinski definition) is 4. The number of amides is 1.